The lowest BCUT2D eigenvalue weighted by Gasteiger charge is -2.26. The van der Waals surface area contributed by atoms with Gasteiger partial charge in [0.2, 0.25) is 0 Å². The van der Waals surface area contributed by atoms with E-state index in [-0.39, 0.29) is 6.10 Å². The maximum atomic E-state index is 9.54. The molecule has 0 radical (unpaired) electrons. The summed E-state index contributed by atoms with van der Waals surface area (Å²) in [5.41, 5.74) is 6.94. The van der Waals surface area contributed by atoms with Gasteiger partial charge in [0.05, 0.1) is 6.10 Å². The van der Waals surface area contributed by atoms with Gasteiger partial charge < -0.3 is 16.2 Å². The Balaban J connectivity index is 1.64. The number of nitrogens with two attached hydrogens (primary N) is 1. The third-order valence-electron chi connectivity index (χ3n) is 4.52. The zero-order valence-corrected chi connectivity index (χ0v) is 12.1. The summed E-state index contributed by atoms with van der Waals surface area (Å²) in [6, 6.07) is 0. The van der Waals surface area contributed by atoms with E-state index >= 15 is 0 Å². The first kappa shape index (κ1) is 13.6. The van der Waals surface area contributed by atoms with Crippen molar-refractivity contribution < 1.29 is 5.11 Å². The molecule has 110 valence electrons. The van der Waals surface area contributed by atoms with Crippen molar-refractivity contribution in [3.63, 3.8) is 0 Å². The molecule has 1 aromatic rings. The van der Waals surface area contributed by atoms with E-state index in [1.165, 1.54) is 12.8 Å². The van der Waals surface area contributed by atoms with Gasteiger partial charge in [-0.05, 0) is 51.4 Å². The normalized spacial score (nSPS) is 26.5. The first-order chi connectivity index (χ1) is 9.63. The molecule has 0 unspecified atom stereocenters. The van der Waals surface area contributed by atoms with E-state index in [9.17, 15) is 5.11 Å². The molecule has 3 rings (SSSR count). The number of aliphatic hydroxyl groups excluding tert-OH is 1. The van der Waals surface area contributed by atoms with Crippen molar-refractivity contribution >= 4 is 11.6 Å². The molecule has 1 heterocycles. The second kappa shape index (κ2) is 5.56. The monoisotopic (exact) mass is 276 g/mol. The first-order valence-corrected chi connectivity index (χ1v) is 7.69. The molecule has 0 amide bonds. The van der Waals surface area contributed by atoms with Gasteiger partial charge in [0.1, 0.15) is 17.5 Å². The molecule has 2 aliphatic rings. The molecule has 2 saturated carbocycles. The number of hydrogen-bond acceptors (Lipinski definition) is 5. The summed E-state index contributed by atoms with van der Waals surface area (Å²) < 4.78 is 0. The Morgan fingerprint density at radius 2 is 1.85 bits per heavy atom. The number of nitrogens with zero attached hydrogens (tertiary/aromatic N) is 2. The highest BCUT2D eigenvalue weighted by Crippen LogP contribution is 2.39. The van der Waals surface area contributed by atoms with E-state index in [1.54, 1.807) is 0 Å². The first-order valence-electron chi connectivity index (χ1n) is 7.69. The van der Waals surface area contributed by atoms with Gasteiger partial charge in [0.15, 0.2) is 0 Å². The lowest BCUT2D eigenvalue weighted by Crippen LogP contribution is -2.24. The molecule has 0 aliphatic heterocycles. The van der Waals surface area contributed by atoms with Gasteiger partial charge >= 0.3 is 0 Å². The summed E-state index contributed by atoms with van der Waals surface area (Å²) in [6.45, 7) is 2.88. The summed E-state index contributed by atoms with van der Waals surface area (Å²) in [6.07, 6.45) is 6.29. The minimum Gasteiger partial charge on any atom is -0.393 e. The minimum atomic E-state index is -0.0934. The average molecular weight is 276 g/mol. The molecule has 0 bridgehead atoms. The van der Waals surface area contributed by atoms with Gasteiger partial charge in [-0.15, -0.1) is 0 Å². The third-order valence-corrected chi connectivity index (χ3v) is 4.52. The van der Waals surface area contributed by atoms with Crippen LogP contribution in [0.15, 0.2) is 0 Å². The number of nitrogen functional groups attached to an aromatic ring is 1. The van der Waals surface area contributed by atoms with Crippen LogP contribution >= 0.6 is 0 Å². The smallest absolute Gasteiger partial charge is 0.136 e. The molecule has 0 atom stereocenters. The molecule has 0 saturated heterocycles. The summed E-state index contributed by atoms with van der Waals surface area (Å²) in [5, 5.41) is 13.0. The molecule has 0 aromatic carbocycles. The standard InChI is InChI=1S/C15H24N4O/c1-9-13(16)18-15(11-4-5-11)19-14(9)17-8-10-2-6-12(20)7-3-10/h10-12,20H,2-8H2,1H3,(H3,16,17,18,19). The van der Waals surface area contributed by atoms with Crippen molar-refractivity contribution in [3.05, 3.63) is 11.4 Å². The number of rotatable bonds is 4. The lowest BCUT2D eigenvalue weighted by molar-refractivity contribution is 0.111. The average Bonchev–Trinajstić information content (AvgIpc) is 3.26. The van der Waals surface area contributed by atoms with Gasteiger partial charge in [-0.25, -0.2) is 9.97 Å². The predicted molar refractivity (Wildman–Crippen MR) is 79.6 cm³/mol. The van der Waals surface area contributed by atoms with Crippen molar-refractivity contribution in [3.8, 4) is 0 Å². The summed E-state index contributed by atoms with van der Waals surface area (Å²) >= 11 is 0. The number of anilines is 2. The van der Waals surface area contributed by atoms with Gasteiger partial charge in [-0.1, -0.05) is 0 Å². The fourth-order valence-electron chi connectivity index (χ4n) is 2.84. The van der Waals surface area contributed by atoms with Crippen molar-refractivity contribution in [1.82, 2.24) is 9.97 Å². The maximum absolute atomic E-state index is 9.54. The third kappa shape index (κ3) is 3.03. The highest BCUT2D eigenvalue weighted by atomic mass is 16.3. The van der Waals surface area contributed by atoms with Crippen LogP contribution in [0.2, 0.25) is 0 Å². The maximum Gasteiger partial charge on any atom is 0.136 e. The van der Waals surface area contributed by atoms with Crippen LogP contribution < -0.4 is 11.1 Å². The highest BCUT2D eigenvalue weighted by molar-refractivity contribution is 5.55. The Bertz CT molecular complexity index is 479. The van der Waals surface area contributed by atoms with E-state index in [4.69, 9.17) is 5.73 Å². The predicted octanol–water partition coefficient (Wildman–Crippen LogP) is 2.21. The number of nitrogens with one attached hydrogen (secondary N) is 1. The largest absolute Gasteiger partial charge is 0.393 e. The van der Waals surface area contributed by atoms with E-state index < -0.39 is 0 Å². The molecule has 2 aliphatic carbocycles. The molecule has 20 heavy (non-hydrogen) atoms. The Hall–Kier alpha value is -1.36. The Morgan fingerprint density at radius 1 is 1.15 bits per heavy atom. The molecular weight excluding hydrogens is 252 g/mol. The van der Waals surface area contributed by atoms with Crippen LogP contribution in [0, 0.1) is 12.8 Å². The van der Waals surface area contributed by atoms with Crippen molar-refractivity contribution in [2.24, 2.45) is 5.92 Å². The van der Waals surface area contributed by atoms with Crippen LogP contribution in [0.3, 0.4) is 0 Å². The van der Waals surface area contributed by atoms with Crippen LogP contribution in [0.4, 0.5) is 11.6 Å². The molecule has 0 spiro atoms. The fourth-order valence-corrected chi connectivity index (χ4v) is 2.84. The van der Waals surface area contributed by atoms with Crippen molar-refractivity contribution in [2.45, 2.75) is 57.5 Å². The van der Waals surface area contributed by atoms with Gasteiger partial charge in [0.25, 0.3) is 0 Å². The second-order valence-electron chi connectivity index (χ2n) is 6.27. The molecule has 4 N–H and O–H groups in total. The Morgan fingerprint density at radius 3 is 2.50 bits per heavy atom. The molecule has 5 nitrogen and oxygen atoms in total. The van der Waals surface area contributed by atoms with Gasteiger partial charge in [-0.2, -0.15) is 0 Å². The highest BCUT2D eigenvalue weighted by Gasteiger charge is 2.28. The molecule has 1 aromatic heterocycles. The number of aliphatic hydroxyl groups is 1. The fraction of sp³-hybridized carbons (Fsp3) is 0.733. The lowest BCUT2D eigenvalue weighted by atomic mass is 9.87. The van der Waals surface area contributed by atoms with Gasteiger partial charge in [-0.3, -0.25) is 0 Å². The summed E-state index contributed by atoms with van der Waals surface area (Å²) in [4.78, 5) is 9.04. The van der Waals surface area contributed by atoms with Crippen LogP contribution in [-0.4, -0.2) is 27.7 Å². The van der Waals surface area contributed by atoms with Crippen molar-refractivity contribution in [2.75, 3.05) is 17.6 Å². The van der Waals surface area contributed by atoms with Crippen LogP contribution in [-0.2, 0) is 0 Å². The van der Waals surface area contributed by atoms with E-state index in [2.05, 4.69) is 15.3 Å². The Labute approximate surface area is 120 Å². The summed E-state index contributed by atoms with van der Waals surface area (Å²) in [5.74, 6) is 3.53. The SMILES string of the molecule is Cc1c(N)nc(C2CC2)nc1NCC1CCC(O)CC1. The number of hydrogen-bond donors (Lipinski definition) is 3. The van der Waals surface area contributed by atoms with E-state index in [0.717, 1.165) is 49.4 Å². The molecule has 2 fully saturated rings. The zero-order valence-electron chi connectivity index (χ0n) is 12.1. The molecule has 5 heteroatoms. The van der Waals surface area contributed by atoms with E-state index in [1.807, 2.05) is 6.92 Å². The van der Waals surface area contributed by atoms with Crippen LogP contribution in [0.5, 0.6) is 0 Å². The quantitative estimate of drug-likeness (QED) is 0.785. The number of aromatic nitrogens is 2. The van der Waals surface area contributed by atoms with Crippen LogP contribution in [0.1, 0.15) is 55.8 Å². The van der Waals surface area contributed by atoms with Crippen LogP contribution in [0.25, 0.3) is 0 Å². The minimum absolute atomic E-state index is 0.0934. The topological polar surface area (TPSA) is 84.1 Å². The molecular formula is C15H24N4O. The van der Waals surface area contributed by atoms with Crippen molar-refractivity contribution in [1.29, 1.82) is 0 Å². The second-order valence-corrected chi connectivity index (χ2v) is 6.27. The Kier molecular flexibility index (Phi) is 3.78. The zero-order chi connectivity index (χ0) is 14.1. The summed E-state index contributed by atoms with van der Waals surface area (Å²) in [7, 11) is 0. The van der Waals surface area contributed by atoms with Gasteiger partial charge in [0, 0.05) is 18.0 Å². The van der Waals surface area contributed by atoms with E-state index in [0.29, 0.717) is 17.7 Å².